The van der Waals surface area contributed by atoms with E-state index in [0.717, 1.165) is 30.2 Å². The molecule has 0 bridgehead atoms. The van der Waals surface area contributed by atoms with Crippen molar-refractivity contribution in [3.05, 3.63) is 28.0 Å². The summed E-state index contributed by atoms with van der Waals surface area (Å²) in [6, 6.07) is 0. The number of aromatic nitrogens is 4. The number of aryl methyl sites for hydroxylation is 1. The van der Waals surface area contributed by atoms with Crippen LogP contribution in [0.2, 0.25) is 0 Å². The minimum Gasteiger partial charge on any atom is -0.387 e. The van der Waals surface area contributed by atoms with Gasteiger partial charge in [-0.25, -0.2) is 9.67 Å². The maximum atomic E-state index is 10.8. The smallest absolute Gasteiger partial charge is 0.107 e. The van der Waals surface area contributed by atoms with Gasteiger partial charge in [0.15, 0.2) is 0 Å². The largest absolute Gasteiger partial charge is 0.387 e. The summed E-state index contributed by atoms with van der Waals surface area (Å²) >= 11 is 1.80. The normalized spacial score (nSPS) is 22.8. The van der Waals surface area contributed by atoms with E-state index < -0.39 is 5.60 Å². The third kappa shape index (κ3) is 3.79. The van der Waals surface area contributed by atoms with Crippen molar-refractivity contribution in [1.29, 1.82) is 0 Å². The highest BCUT2D eigenvalue weighted by Crippen LogP contribution is 2.32. The molecular formula is C16H25N5OS. The summed E-state index contributed by atoms with van der Waals surface area (Å²) in [7, 11) is 0. The monoisotopic (exact) mass is 335 g/mol. The van der Waals surface area contributed by atoms with Crippen LogP contribution in [0.5, 0.6) is 0 Å². The van der Waals surface area contributed by atoms with E-state index in [4.69, 9.17) is 4.98 Å². The first-order chi connectivity index (χ1) is 10.8. The van der Waals surface area contributed by atoms with Crippen LogP contribution < -0.4 is 0 Å². The molecule has 1 atom stereocenters. The molecule has 1 fully saturated rings. The van der Waals surface area contributed by atoms with E-state index in [1.807, 2.05) is 0 Å². The molecule has 3 heterocycles. The van der Waals surface area contributed by atoms with E-state index in [2.05, 4.69) is 42.9 Å². The summed E-state index contributed by atoms with van der Waals surface area (Å²) in [6.45, 7) is 11.6. The van der Waals surface area contributed by atoms with Gasteiger partial charge in [-0.15, -0.1) is 16.4 Å². The highest BCUT2D eigenvalue weighted by Gasteiger charge is 2.37. The van der Waals surface area contributed by atoms with Crippen LogP contribution in [0.15, 0.2) is 12.4 Å². The first-order valence-corrected chi connectivity index (χ1v) is 8.82. The number of hydrogen-bond acceptors (Lipinski definition) is 6. The molecule has 1 saturated heterocycles. The molecule has 0 spiro atoms. The van der Waals surface area contributed by atoms with Crippen LogP contribution >= 0.6 is 11.3 Å². The topological polar surface area (TPSA) is 67.1 Å². The number of thiazole rings is 1. The zero-order valence-corrected chi connectivity index (χ0v) is 15.1. The summed E-state index contributed by atoms with van der Waals surface area (Å²) < 4.78 is 1.70. The molecule has 0 amide bonds. The molecule has 0 saturated carbocycles. The second-order valence-corrected chi connectivity index (χ2v) is 8.64. The first-order valence-electron chi connectivity index (χ1n) is 8.01. The van der Waals surface area contributed by atoms with Crippen LogP contribution in [0.4, 0.5) is 0 Å². The van der Waals surface area contributed by atoms with Gasteiger partial charge in [-0.05, 0) is 18.8 Å². The lowest BCUT2D eigenvalue weighted by Gasteiger charge is -2.22. The van der Waals surface area contributed by atoms with E-state index in [0.29, 0.717) is 13.1 Å². The SMILES string of the molecule is Cc1nc(CN2CCC(O)(Cn3ccnn3)C2)sc1C(C)(C)C. The summed E-state index contributed by atoms with van der Waals surface area (Å²) in [5.74, 6) is 0. The average Bonchev–Trinajstić information content (AvgIpc) is 3.12. The van der Waals surface area contributed by atoms with Gasteiger partial charge in [-0.3, -0.25) is 4.90 Å². The van der Waals surface area contributed by atoms with Gasteiger partial charge < -0.3 is 5.11 Å². The van der Waals surface area contributed by atoms with Gasteiger partial charge in [-0.2, -0.15) is 0 Å². The second-order valence-electron chi connectivity index (χ2n) is 7.56. The van der Waals surface area contributed by atoms with Crippen LogP contribution in [0, 0.1) is 6.92 Å². The van der Waals surface area contributed by atoms with Crippen molar-refractivity contribution in [2.75, 3.05) is 13.1 Å². The minimum absolute atomic E-state index is 0.138. The van der Waals surface area contributed by atoms with Gasteiger partial charge in [0.05, 0.1) is 30.6 Å². The number of nitrogens with zero attached hydrogens (tertiary/aromatic N) is 5. The lowest BCUT2D eigenvalue weighted by Crippen LogP contribution is -2.37. The zero-order chi connectivity index (χ0) is 16.7. The van der Waals surface area contributed by atoms with Crippen LogP contribution in [0.25, 0.3) is 0 Å². The van der Waals surface area contributed by atoms with E-state index in [9.17, 15) is 5.11 Å². The molecular weight excluding hydrogens is 310 g/mol. The Balaban J connectivity index is 1.64. The molecule has 2 aromatic rings. The van der Waals surface area contributed by atoms with Crippen LogP contribution in [-0.2, 0) is 18.5 Å². The fourth-order valence-corrected chi connectivity index (χ4v) is 4.40. The quantitative estimate of drug-likeness (QED) is 0.925. The Labute approximate surface area is 141 Å². The Morgan fingerprint density at radius 2 is 2.17 bits per heavy atom. The Morgan fingerprint density at radius 1 is 1.39 bits per heavy atom. The molecule has 1 N–H and O–H groups in total. The summed E-state index contributed by atoms with van der Waals surface area (Å²) in [4.78, 5) is 8.36. The lowest BCUT2D eigenvalue weighted by molar-refractivity contribution is 0.0274. The maximum absolute atomic E-state index is 10.8. The fraction of sp³-hybridized carbons (Fsp3) is 0.688. The van der Waals surface area contributed by atoms with Crippen molar-refractivity contribution in [2.45, 2.75) is 58.2 Å². The summed E-state index contributed by atoms with van der Waals surface area (Å²) in [6.07, 6.45) is 4.19. The van der Waals surface area contributed by atoms with Gasteiger partial charge in [0.1, 0.15) is 5.01 Å². The second kappa shape index (κ2) is 5.96. The molecule has 1 aliphatic rings. The molecule has 1 aliphatic heterocycles. The molecule has 3 rings (SSSR count). The highest BCUT2D eigenvalue weighted by molar-refractivity contribution is 7.11. The Hall–Kier alpha value is -1.31. The molecule has 0 aromatic carbocycles. The van der Waals surface area contributed by atoms with Gasteiger partial charge in [0.2, 0.25) is 0 Å². The molecule has 6 nitrogen and oxygen atoms in total. The Morgan fingerprint density at radius 3 is 2.78 bits per heavy atom. The van der Waals surface area contributed by atoms with Crippen molar-refractivity contribution in [3.8, 4) is 0 Å². The number of β-amino-alcohol motifs (C(OH)–C–C–N with tert-alkyl or cyclic N) is 1. The van der Waals surface area contributed by atoms with Gasteiger partial charge in [0.25, 0.3) is 0 Å². The first kappa shape index (κ1) is 16.5. The molecule has 2 aromatic heterocycles. The Kier molecular flexibility index (Phi) is 4.29. The summed E-state index contributed by atoms with van der Waals surface area (Å²) in [5.41, 5.74) is 0.542. The maximum Gasteiger partial charge on any atom is 0.107 e. The molecule has 23 heavy (non-hydrogen) atoms. The van der Waals surface area contributed by atoms with Crippen molar-refractivity contribution in [1.82, 2.24) is 24.9 Å². The van der Waals surface area contributed by atoms with Crippen LogP contribution in [0.1, 0.15) is 42.8 Å². The average molecular weight is 335 g/mol. The Bertz CT molecular complexity index is 661. The van der Waals surface area contributed by atoms with Gasteiger partial charge >= 0.3 is 0 Å². The van der Waals surface area contributed by atoms with Crippen molar-refractivity contribution >= 4 is 11.3 Å². The van der Waals surface area contributed by atoms with Crippen molar-refractivity contribution in [3.63, 3.8) is 0 Å². The number of rotatable bonds is 4. The van der Waals surface area contributed by atoms with Crippen LogP contribution in [0.3, 0.4) is 0 Å². The number of aliphatic hydroxyl groups is 1. The fourth-order valence-electron chi connectivity index (χ4n) is 3.23. The summed E-state index contributed by atoms with van der Waals surface area (Å²) in [5, 5.41) is 19.6. The third-order valence-corrected chi connectivity index (χ3v) is 5.79. The van der Waals surface area contributed by atoms with Crippen molar-refractivity contribution in [2.24, 2.45) is 0 Å². The third-order valence-electron chi connectivity index (χ3n) is 4.22. The van der Waals surface area contributed by atoms with E-state index in [-0.39, 0.29) is 5.41 Å². The van der Waals surface area contributed by atoms with Gasteiger partial charge in [0, 0.05) is 24.2 Å². The predicted molar refractivity (Wildman–Crippen MR) is 90.4 cm³/mol. The molecule has 7 heteroatoms. The van der Waals surface area contributed by atoms with E-state index in [1.165, 1.54) is 4.88 Å². The molecule has 0 radical (unpaired) electrons. The lowest BCUT2D eigenvalue weighted by atomic mass is 9.94. The predicted octanol–water partition coefficient (Wildman–Crippen LogP) is 1.98. The minimum atomic E-state index is -0.729. The number of hydrogen-bond donors (Lipinski definition) is 1. The van der Waals surface area contributed by atoms with Crippen molar-refractivity contribution < 1.29 is 5.11 Å². The molecule has 0 aliphatic carbocycles. The highest BCUT2D eigenvalue weighted by atomic mass is 32.1. The molecule has 1 unspecified atom stereocenters. The molecule has 126 valence electrons. The van der Waals surface area contributed by atoms with Crippen LogP contribution in [-0.4, -0.2) is 48.7 Å². The van der Waals surface area contributed by atoms with E-state index in [1.54, 1.807) is 28.4 Å². The van der Waals surface area contributed by atoms with E-state index >= 15 is 0 Å². The number of likely N-dealkylation sites (tertiary alicyclic amines) is 1. The van der Waals surface area contributed by atoms with Gasteiger partial charge in [-0.1, -0.05) is 26.0 Å². The standard InChI is InChI=1S/C16H25N5OS/c1-12-14(15(2,3)4)23-13(18-12)9-20-7-5-16(22,10-20)11-21-8-6-17-19-21/h6,8,22H,5,7,9-11H2,1-4H3. The zero-order valence-electron chi connectivity index (χ0n) is 14.3.